The Hall–Kier alpha value is -1.21. The molecule has 0 unspecified atom stereocenters. The summed E-state index contributed by atoms with van der Waals surface area (Å²) >= 11 is 0. The van der Waals surface area contributed by atoms with E-state index in [1.54, 1.807) is 0 Å². The molecule has 0 fully saturated rings. The first kappa shape index (κ1) is 2.79. The second-order valence-corrected chi connectivity index (χ2v) is 1.41. The Bertz CT molecular complexity index is 8.00. The normalized spacial score (nSPS) is 6.75. The minimum atomic E-state index is -5.04. The number of halogens is 3. The summed E-state index contributed by atoms with van der Waals surface area (Å²) in [6, 6.07) is 0. The van der Waals surface area contributed by atoms with Crippen LogP contribution in [0.2, 0.25) is 0 Å². The molecule has 0 radical (unpaired) electrons. The fraction of sp³-hybridized carbons (Fsp3) is 0. The van der Waals surface area contributed by atoms with E-state index in [1.165, 1.54) is 0 Å². The van der Waals surface area contributed by atoms with Crippen LogP contribution in [-0.2, 0) is 0 Å². The molecule has 0 amide bonds. The number of hydrogen-bond acceptors (Lipinski definition) is 0. The number of hydrogen-bond donors (Lipinski definition) is 0. The van der Waals surface area contributed by atoms with E-state index in [0.29, 0.717) is 0 Å². The first-order valence-corrected chi connectivity index (χ1v) is 3.74. The number of rotatable bonds is 0. The molecule has 4 heavy (non-hydrogen) atoms. The van der Waals surface area contributed by atoms with Gasteiger partial charge < -0.3 is 0 Å². The van der Waals surface area contributed by atoms with Crippen LogP contribution in [-0.4, -0.2) is 0 Å². The van der Waals surface area contributed by atoms with Gasteiger partial charge in [0.1, 0.15) is 0 Å². The quantitative estimate of drug-likeness (QED) is 0.632. The zero-order valence-electron chi connectivity index (χ0n) is 1.49. The van der Waals surface area contributed by atoms with E-state index < -0.39 is 0 Å². The van der Waals surface area contributed by atoms with Crippen molar-refractivity contribution in [2.24, 2.45) is 0 Å². The third kappa shape index (κ3) is 0.0238. The second kappa shape index (κ2) is 0.349. The predicted molar refractivity (Wildman–Crippen MR) is 3.32 cm³/mol. The average Bonchev–Trinajstić information content (AvgIpc) is 0.811. The zero-order chi connectivity index (χ0) is 3.58. The Labute approximate surface area is 15.6 Å². The van der Waals surface area contributed by atoms with Crippen molar-refractivity contribution in [3.63, 3.8) is 0 Å². The molecule has 0 atom stereocenters. The molecule has 0 nitrogen and oxygen atoms in total. The Balaban J connectivity index is 2.32. The molecule has 0 aliphatic rings. The summed E-state index contributed by atoms with van der Waals surface area (Å²) in [4.78, 5) is 0. The Morgan fingerprint density at radius 3 is 1.00 bits per heavy atom. The maximum atomic E-state index is 9.86. The van der Waals surface area contributed by atoms with E-state index in [4.69, 9.17) is 0 Å². The van der Waals surface area contributed by atoms with Crippen LogP contribution >= 0.6 is 0 Å². The predicted octanol–water partition coefficient (Wildman–Crippen LogP) is 1.26. The third-order valence-electron chi connectivity index (χ3n) is 0. The van der Waals surface area contributed by atoms with Gasteiger partial charge in [-0.3, -0.25) is 0 Å². The van der Waals surface area contributed by atoms with Crippen LogP contribution in [0.5, 0.6) is 0 Å². The molecule has 0 spiro atoms. The molecule has 0 saturated heterocycles. The molecule has 0 aromatic carbocycles. The van der Waals surface area contributed by atoms with Gasteiger partial charge in [0.2, 0.25) is 0 Å². The summed E-state index contributed by atoms with van der Waals surface area (Å²) in [5, 5.41) is 0. The molecule has 0 bridgehead atoms. The Kier molecular flexibility index (Phi) is 0.243. The summed E-state index contributed by atoms with van der Waals surface area (Å²) in [6.07, 6.45) is 0. The van der Waals surface area contributed by atoms with Gasteiger partial charge in [0, 0.05) is 0 Å². The van der Waals surface area contributed by atoms with Crippen molar-refractivity contribution in [2.45, 2.75) is 0 Å². The van der Waals surface area contributed by atoms with Crippen molar-refractivity contribution in [3.05, 3.63) is 0 Å². The van der Waals surface area contributed by atoms with E-state index in [0.717, 1.165) is 0 Å². The van der Waals surface area contributed by atoms with Gasteiger partial charge in [-0.25, -0.2) is 0 Å². The van der Waals surface area contributed by atoms with E-state index in [9.17, 15) is 14.1 Å². The molecule has 0 saturated carbocycles. The topological polar surface area (TPSA) is 0 Å². The Morgan fingerprint density at radius 2 is 1.00 bits per heavy atom. The van der Waals surface area contributed by atoms with E-state index in [-0.39, 0.29) is 0 Å². The summed E-state index contributed by atoms with van der Waals surface area (Å²) in [5.41, 5.74) is 0. The molecule has 0 aromatic heterocycles. The van der Waals surface area contributed by atoms with Gasteiger partial charge in [0.15, 0.2) is 0 Å². The van der Waals surface area contributed by atoms with Crippen molar-refractivity contribution in [3.8, 4) is 0 Å². The van der Waals surface area contributed by atoms with Crippen molar-refractivity contribution < 1.29 is 14.1 Å². The molecule has 0 heterocycles. The summed E-state index contributed by atoms with van der Waals surface area (Å²) < 4.78 is 24.6. The second-order valence-electron chi connectivity index (χ2n) is 0.152. The fourth-order valence-electron chi connectivity index (χ4n) is 0. The SMILES string of the molecule is [F][Cm]([F])[F]. The van der Waals surface area contributed by atoms with Crippen LogP contribution < -0.4 is 0 Å². The third-order valence-corrected chi connectivity index (χ3v) is 0. The van der Waals surface area contributed by atoms with E-state index in [2.05, 4.69) is 0 Å². The standard InChI is InChI=1S/Cm.3FH/h;3*1H/q+3;;;/p-3. The molecule has 0 rings (SSSR count). The van der Waals surface area contributed by atoms with Gasteiger partial charge in [-0.15, -0.1) is 0 Å². The van der Waals surface area contributed by atoms with Gasteiger partial charge in [0.25, 0.3) is 0 Å². The molecule has 0 aliphatic carbocycles. The van der Waals surface area contributed by atoms with E-state index >= 15 is 0 Å². The van der Waals surface area contributed by atoms with Crippen molar-refractivity contribution >= 4 is 0 Å². The molecule has 0 aromatic rings. The summed E-state index contributed by atoms with van der Waals surface area (Å²) in [6.45, 7) is 0. The van der Waals surface area contributed by atoms with E-state index in [1.807, 2.05) is 0 Å². The fourth-order valence-corrected chi connectivity index (χ4v) is 0. The van der Waals surface area contributed by atoms with Gasteiger partial charge in [-0.1, -0.05) is 0 Å². The average molecular weight is 304 g/mol. The molecule has 29 valence electrons. The van der Waals surface area contributed by atoms with Crippen LogP contribution in [0, 0.1) is 0 Å². The van der Waals surface area contributed by atoms with Crippen molar-refractivity contribution in [1.82, 2.24) is 0 Å². The van der Waals surface area contributed by atoms with Crippen LogP contribution in [0.25, 0.3) is 0 Å². The van der Waals surface area contributed by atoms with Crippen molar-refractivity contribution in [1.29, 1.82) is 0 Å². The summed E-state index contributed by atoms with van der Waals surface area (Å²) in [7, 11) is 0. The monoisotopic (exact) mass is 300 g/mol. The molecular weight excluding hydrogens is 304 g/mol. The molecule has 0 aliphatic heterocycles. The zero-order valence-corrected chi connectivity index (χ0v) is 4.43. The van der Waals surface area contributed by atoms with Gasteiger partial charge in [0.05, 0.1) is 0 Å². The maximum absolute atomic E-state index is 9.86. The van der Waals surface area contributed by atoms with Crippen LogP contribution in [0.3, 0.4) is 0 Å². The summed E-state index contributed by atoms with van der Waals surface area (Å²) in [5.74, 6) is 0. The van der Waals surface area contributed by atoms with Gasteiger partial charge in [-0.05, 0) is 0 Å². The van der Waals surface area contributed by atoms with Crippen molar-refractivity contribution in [2.75, 3.05) is 0 Å². The van der Waals surface area contributed by atoms with Gasteiger partial charge in [-0.2, -0.15) is 0 Å². The molecule has 0 N–H and O–H groups in total. The first-order chi connectivity index (χ1) is 1.73. The molecule has 4 heteroatoms. The molecular formula is CmF3. The minimum absolute atomic E-state index is 5.04. The Morgan fingerprint density at radius 1 is 1.00 bits per heavy atom. The van der Waals surface area contributed by atoms with Crippen LogP contribution in [0.4, 0.5) is 14.1 Å². The first-order valence-electron chi connectivity index (χ1n) is 0.401. The van der Waals surface area contributed by atoms with Crippen LogP contribution in [0.1, 0.15) is 0 Å². The van der Waals surface area contributed by atoms with Crippen LogP contribution in [0.15, 0.2) is 0 Å². The van der Waals surface area contributed by atoms with Gasteiger partial charge >= 0.3 is 14.1 Å².